The Balaban J connectivity index is 2.07. The van der Waals surface area contributed by atoms with Crippen LogP contribution in [0.15, 0.2) is 36.4 Å². The first-order valence-corrected chi connectivity index (χ1v) is 9.25. The molecule has 2 rings (SSSR count). The van der Waals surface area contributed by atoms with E-state index in [2.05, 4.69) is 36.6 Å². The molecule has 138 valence electrons. The SMILES string of the molecule is CCCCOc1ccccc1C(=O)NC(=S)Nc1c(C)cc(C)cc1C. The van der Waals surface area contributed by atoms with Crippen molar-refractivity contribution in [1.29, 1.82) is 0 Å². The van der Waals surface area contributed by atoms with Crippen molar-refractivity contribution in [3.8, 4) is 5.75 Å². The lowest BCUT2D eigenvalue weighted by atomic mass is 10.1. The van der Waals surface area contributed by atoms with Gasteiger partial charge in [-0.15, -0.1) is 0 Å². The number of hydrogen-bond donors (Lipinski definition) is 2. The summed E-state index contributed by atoms with van der Waals surface area (Å²) in [6.07, 6.45) is 1.99. The minimum absolute atomic E-state index is 0.272. The van der Waals surface area contributed by atoms with Gasteiger partial charge < -0.3 is 10.1 Å². The fraction of sp³-hybridized carbons (Fsp3) is 0.333. The van der Waals surface area contributed by atoms with Gasteiger partial charge in [-0.05, 0) is 62.7 Å². The van der Waals surface area contributed by atoms with E-state index in [1.54, 1.807) is 12.1 Å². The van der Waals surface area contributed by atoms with Gasteiger partial charge in [-0.2, -0.15) is 0 Å². The zero-order chi connectivity index (χ0) is 19.1. The molecule has 0 spiro atoms. The highest BCUT2D eigenvalue weighted by molar-refractivity contribution is 7.80. The summed E-state index contributed by atoms with van der Waals surface area (Å²) >= 11 is 5.33. The Morgan fingerprint density at radius 1 is 1.12 bits per heavy atom. The molecule has 0 aliphatic carbocycles. The fourth-order valence-corrected chi connectivity index (χ4v) is 2.99. The Morgan fingerprint density at radius 2 is 1.77 bits per heavy atom. The van der Waals surface area contributed by atoms with E-state index >= 15 is 0 Å². The third kappa shape index (κ3) is 5.30. The van der Waals surface area contributed by atoms with Gasteiger partial charge in [0.25, 0.3) is 5.91 Å². The van der Waals surface area contributed by atoms with E-state index in [0.717, 1.165) is 29.7 Å². The maximum absolute atomic E-state index is 12.6. The largest absolute Gasteiger partial charge is 0.493 e. The van der Waals surface area contributed by atoms with Crippen molar-refractivity contribution >= 4 is 28.9 Å². The summed E-state index contributed by atoms with van der Waals surface area (Å²) in [4.78, 5) is 12.6. The van der Waals surface area contributed by atoms with Crippen molar-refractivity contribution in [2.75, 3.05) is 11.9 Å². The van der Waals surface area contributed by atoms with Crippen molar-refractivity contribution < 1.29 is 9.53 Å². The highest BCUT2D eigenvalue weighted by Crippen LogP contribution is 2.22. The molecule has 0 atom stereocenters. The molecule has 26 heavy (non-hydrogen) atoms. The molecule has 2 aromatic rings. The van der Waals surface area contributed by atoms with E-state index in [-0.39, 0.29) is 11.0 Å². The van der Waals surface area contributed by atoms with Crippen LogP contribution in [-0.2, 0) is 0 Å². The zero-order valence-electron chi connectivity index (χ0n) is 15.8. The van der Waals surface area contributed by atoms with Crippen LogP contribution in [0.5, 0.6) is 5.75 Å². The molecule has 0 heterocycles. The smallest absolute Gasteiger partial charge is 0.261 e. The van der Waals surface area contributed by atoms with Crippen molar-refractivity contribution in [3.05, 3.63) is 58.7 Å². The number of carbonyl (C=O) groups excluding carboxylic acids is 1. The third-order valence-electron chi connectivity index (χ3n) is 4.03. The molecule has 0 aromatic heterocycles. The van der Waals surface area contributed by atoms with Gasteiger partial charge in [-0.3, -0.25) is 10.1 Å². The van der Waals surface area contributed by atoms with Crippen LogP contribution in [0.25, 0.3) is 0 Å². The molecule has 5 heteroatoms. The number of aryl methyl sites for hydroxylation is 3. The molecule has 0 unspecified atom stereocenters. The molecule has 4 nitrogen and oxygen atoms in total. The first-order chi connectivity index (χ1) is 12.4. The van der Waals surface area contributed by atoms with Crippen molar-refractivity contribution in [2.45, 2.75) is 40.5 Å². The van der Waals surface area contributed by atoms with Gasteiger partial charge >= 0.3 is 0 Å². The second kappa shape index (κ2) is 9.34. The number of para-hydroxylation sites is 1. The van der Waals surface area contributed by atoms with Crippen LogP contribution < -0.4 is 15.4 Å². The van der Waals surface area contributed by atoms with Crippen molar-refractivity contribution in [1.82, 2.24) is 5.32 Å². The summed E-state index contributed by atoms with van der Waals surface area (Å²) in [5.74, 6) is 0.293. The highest BCUT2D eigenvalue weighted by atomic mass is 32.1. The maximum Gasteiger partial charge on any atom is 0.261 e. The van der Waals surface area contributed by atoms with E-state index < -0.39 is 0 Å². The second-order valence-electron chi connectivity index (χ2n) is 6.38. The number of ether oxygens (including phenoxy) is 1. The van der Waals surface area contributed by atoms with E-state index in [1.807, 2.05) is 26.0 Å². The molecule has 0 saturated heterocycles. The van der Waals surface area contributed by atoms with Crippen molar-refractivity contribution in [2.24, 2.45) is 0 Å². The lowest BCUT2D eigenvalue weighted by Gasteiger charge is -2.16. The molecular formula is C21H26N2O2S. The minimum Gasteiger partial charge on any atom is -0.493 e. The van der Waals surface area contributed by atoms with Crippen LogP contribution in [0, 0.1) is 20.8 Å². The number of amides is 1. The number of thiocarbonyl (C=S) groups is 1. The minimum atomic E-state index is -0.281. The van der Waals surface area contributed by atoms with Crippen LogP contribution in [0.2, 0.25) is 0 Å². The summed E-state index contributed by atoms with van der Waals surface area (Å²) in [7, 11) is 0. The summed E-state index contributed by atoms with van der Waals surface area (Å²) in [5.41, 5.74) is 4.77. The van der Waals surface area contributed by atoms with E-state index in [0.29, 0.717) is 17.9 Å². The number of anilines is 1. The number of hydrogen-bond acceptors (Lipinski definition) is 3. The Labute approximate surface area is 161 Å². The molecule has 2 N–H and O–H groups in total. The number of unbranched alkanes of at least 4 members (excludes halogenated alkanes) is 1. The lowest BCUT2D eigenvalue weighted by Crippen LogP contribution is -2.34. The predicted molar refractivity (Wildman–Crippen MR) is 111 cm³/mol. The molecule has 0 radical (unpaired) electrons. The third-order valence-corrected chi connectivity index (χ3v) is 4.23. The highest BCUT2D eigenvalue weighted by Gasteiger charge is 2.14. The average molecular weight is 371 g/mol. The quantitative estimate of drug-likeness (QED) is 0.560. The monoisotopic (exact) mass is 370 g/mol. The fourth-order valence-electron chi connectivity index (χ4n) is 2.80. The molecule has 0 aliphatic heterocycles. The predicted octanol–water partition coefficient (Wildman–Crippen LogP) is 4.92. The Morgan fingerprint density at radius 3 is 2.42 bits per heavy atom. The number of rotatable bonds is 6. The van der Waals surface area contributed by atoms with Gasteiger partial charge in [0.05, 0.1) is 12.2 Å². The van der Waals surface area contributed by atoms with Crippen LogP contribution in [0.3, 0.4) is 0 Å². The van der Waals surface area contributed by atoms with Gasteiger partial charge in [0.15, 0.2) is 5.11 Å². The molecule has 2 aromatic carbocycles. The Kier molecular flexibility index (Phi) is 7.16. The van der Waals surface area contributed by atoms with Gasteiger partial charge in [0, 0.05) is 5.69 Å². The average Bonchev–Trinajstić information content (AvgIpc) is 2.58. The summed E-state index contributed by atoms with van der Waals surface area (Å²) < 4.78 is 5.73. The topological polar surface area (TPSA) is 50.4 Å². The Hall–Kier alpha value is -2.40. The second-order valence-corrected chi connectivity index (χ2v) is 6.79. The van der Waals surface area contributed by atoms with Crippen LogP contribution in [0.4, 0.5) is 5.69 Å². The van der Waals surface area contributed by atoms with Crippen molar-refractivity contribution in [3.63, 3.8) is 0 Å². The van der Waals surface area contributed by atoms with Crippen LogP contribution in [0.1, 0.15) is 46.8 Å². The molecule has 0 saturated carbocycles. The van der Waals surface area contributed by atoms with Gasteiger partial charge in [-0.25, -0.2) is 0 Å². The van der Waals surface area contributed by atoms with E-state index in [9.17, 15) is 4.79 Å². The number of benzene rings is 2. The molecule has 0 bridgehead atoms. The summed E-state index contributed by atoms with van der Waals surface area (Å²) in [5, 5.41) is 6.15. The zero-order valence-corrected chi connectivity index (χ0v) is 16.6. The molecule has 0 fully saturated rings. The van der Waals surface area contributed by atoms with Gasteiger partial charge in [0.2, 0.25) is 0 Å². The standard InChI is InChI=1S/C21H26N2O2S/c1-5-6-11-25-18-10-8-7-9-17(18)20(24)23-21(26)22-19-15(3)12-14(2)13-16(19)4/h7-10,12-13H,5-6,11H2,1-4H3,(H2,22,23,24,26). The first kappa shape index (κ1) is 19.9. The normalized spacial score (nSPS) is 10.3. The van der Waals surface area contributed by atoms with Crippen LogP contribution in [-0.4, -0.2) is 17.6 Å². The van der Waals surface area contributed by atoms with Crippen LogP contribution >= 0.6 is 12.2 Å². The molecule has 0 aliphatic rings. The van der Waals surface area contributed by atoms with E-state index in [1.165, 1.54) is 5.56 Å². The summed E-state index contributed by atoms with van der Waals surface area (Å²) in [6.45, 7) is 8.78. The van der Waals surface area contributed by atoms with E-state index in [4.69, 9.17) is 17.0 Å². The van der Waals surface area contributed by atoms with Gasteiger partial charge in [-0.1, -0.05) is 43.2 Å². The molecule has 1 amide bonds. The maximum atomic E-state index is 12.6. The number of nitrogens with one attached hydrogen (secondary N) is 2. The summed E-state index contributed by atoms with van der Waals surface area (Å²) in [6, 6.07) is 11.4. The van der Waals surface area contributed by atoms with Gasteiger partial charge in [0.1, 0.15) is 5.75 Å². The Bertz CT molecular complexity index is 779. The first-order valence-electron chi connectivity index (χ1n) is 8.84. The lowest BCUT2D eigenvalue weighted by molar-refractivity contribution is 0.0973. The molecular weight excluding hydrogens is 344 g/mol. The number of carbonyl (C=O) groups is 1.